The maximum absolute atomic E-state index is 10.8. The quantitative estimate of drug-likeness (QED) is 0.278. The van der Waals surface area contributed by atoms with E-state index in [2.05, 4.69) is 10.3 Å². The van der Waals surface area contributed by atoms with Crippen LogP contribution in [0.5, 0.6) is 0 Å². The summed E-state index contributed by atoms with van der Waals surface area (Å²) in [5.41, 5.74) is 2.09. The summed E-state index contributed by atoms with van der Waals surface area (Å²) >= 11 is 0. The molecule has 0 spiro atoms. The fourth-order valence-electron chi connectivity index (χ4n) is 1.36. The highest BCUT2D eigenvalue weighted by Crippen LogP contribution is 2.26. The molecule has 1 fully saturated rings. The molecule has 1 saturated carbocycles. The molecule has 0 heterocycles. The van der Waals surface area contributed by atoms with E-state index >= 15 is 0 Å². The molecule has 76 valence electrons. The van der Waals surface area contributed by atoms with Gasteiger partial charge in [0.15, 0.2) is 0 Å². The molecule has 1 aliphatic carbocycles. The zero-order valence-electron chi connectivity index (χ0n) is 7.70. The number of hydrazine groups is 1. The van der Waals surface area contributed by atoms with Crippen molar-refractivity contribution in [1.29, 1.82) is 0 Å². The van der Waals surface area contributed by atoms with Gasteiger partial charge in [0.25, 0.3) is 0 Å². The SMILES string of the molecule is NNC(=O)CCN(CCO)C1CC1. The van der Waals surface area contributed by atoms with E-state index in [4.69, 9.17) is 10.9 Å². The highest BCUT2D eigenvalue weighted by atomic mass is 16.3. The van der Waals surface area contributed by atoms with Gasteiger partial charge in [0.05, 0.1) is 6.61 Å². The molecule has 0 aromatic carbocycles. The fraction of sp³-hybridized carbons (Fsp3) is 0.875. The number of carbonyl (C=O) groups is 1. The zero-order valence-corrected chi connectivity index (χ0v) is 7.70. The van der Waals surface area contributed by atoms with Crippen LogP contribution in [0.4, 0.5) is 0 Å². The molecule has 0 aliphatic heterocycles. The number of aliphatic hydroxyl groups is 1. The van der Waals surface area contributed by atoms with Gasteiger partial charge in [0, 0.05) is 25.6 Å². The number of nitrogens with one attached hydrogen (secondary N) is 1. The van der Waals surface area contributed by atoms with Crippen LogP contribution >= 0.6 is 0 Å². The van der Waals surface area contributed by atoms with Gasteiger partial charge in [-0.3, -0.25) is 15.1 Å². The molecule has 0 saturated heterocycles. The number of hydrogen-bond donors (Lipinski definition) is 3. The van der Waals surface area contributed by atoms with Crippen molar-refractivity contribution < 1.29 is 9.90 Å². The van der Waals surface area contributed by atoms with E-state index in [1.807, 2.05) is 0 Å². The molecule has 13 heavy (non-hydrogen) atoms. The molecule has 0 aromatic rings. The monoisotopic (exact) mass is 187 g/mol. The van der Waals surface area contributed by atoms with Gasteiger partial charge < -0.3 is 5.11 Å². The smallest absolute Gasteiger partial charge is 0.235 e. The topological polar surface area (TPSA) is 78.6 Å². The Labute approximate surface area is 77.9 Å². The minimum Gasteiger partial charge on any atom is -0.395 e. The fourth-order valence-corrected chi connectivity index (χ4v) is 1.36. The number of aliphatic hydroxyl groups excluding tert-OH is 1. The Morgan fingerprint density at radius 3 is 2.69 bits per heavy atom. The van der Waals surface area contributed by atoms with Gasteiger partial charge >= 0.3 is 0 Å². The average Bonchev–Trinajstić information content (AvgIpc) is 2.94. The van der Waals surface area contributed by atoms with E-state index in [9.17, 15) is 4.79 Å². The lowest BCUT2D eigenvalue weighted by atomic mass is 10.3. The number of hydrogen-bond acceptors (Lipinski definition) is 4. The molecule has 0 radical (unpaired) electrons. The van der Waals surface area contributed by atoms with Crippen LogP contribution in [-0.4, -0.2) is 41.7 Å². The van der Waals surface area contributed by atoms with E-state index in [1.165, 1.54) is 12.8 Å². The zero-order chi connectivity index (χ0) is 9.68. The minimum atomic E-state index is -0.149. The lowest BCUT2D eigenvalue weighted by molar-refractivity contribution is -0.121. The Morgan fingerprint density at radius 2 is 2.23 bits per heavy atom. The minimum absolute atomic E-state index is 0.149. The van der Waals surface area contributed by atoms with Crippen LogP contribution in [0.25, 0.3) is 0 Å². The van der Waals surface area contributed by atoms with Crippen LogP contribution in [0.15, 0.2) is 0 Å². The third-order valence-corrected chi connectivity index (χ3v) is 2.24. The first-order valence-electron chi connectivity index (χ1n) is 4.62. The molecule has 1 rings (SSSR count). The Kier molecular flexibility index (Phi) is 4.14. The van der Waals surface area contributed by atoms with Gasteiger partial charge in [0.1, 0.15) is 0 Å². The normalized spacial score (nSPS) is 16.2. The summed E-state index contributed by atoms with van der Waals surface area (Å²) in [4.78, 5) is 13.0. The first kappa shape index (κ1) is 10.4. The standard InChI is InChI=1S/C8H17N3O2/c9-10-8(13)3-4-11(5-6-12)7-1-2-7/h7,12H,1-6,9H2,(H,10,13). The molecule has 0 bridgehead atoms. The first-order valence-corrected chi connectivity index (χ1v) is 4.62. The van der Waals surface area contributed by atoms with Crippen molar-refractivity contribution in [3.8, 4) is 0 Å². The van der Waals surface area contributed by atoms with Crippen LogP contribution in [-0.2, 0) is 4.79 Å². The molecule has 0 unspecified atom stereocenters. The number of nitrogens with zero attached hydrogens (tertiary/aromatic N) is 1. The second-order valence-corrected chi connectivity index (χ2v) is 3.31. The van der Waals surface area contributed by atoms with Crippen LogP contribution in [0.2, 0.25) is 0 Å². The molecule has 5 heteroatoms. The number of nitrogens with two attached hydrogens (primary N) is 1. The highest BCUT2D eigenvalue weighted by Gasteiger charge is 2.28. The van der Waals surface area contributed by atoms with Gasteiger partial charge in [-0.2, -0.15) is 0 Å². The van der Waals surface area contributed by atoms with Crippen LogP contribution < -0.4 is 11.3 Å². The molecular formula is C8H17N3O2. The van der Waals surface area contributed by atoms with Gasteiger partial charge in [-0.25, -0.2) is 5.84 Å². The highest BCUT2D eigenvalue weighted by molar-refractivity contribution is 5.75. The lowest BCUT2D eigenvalue weighted by Crippen LogP contribution is -2.36. The van der Waals surface area contributed by atoms with Crippen molar-refractivity contribution in [2.75, 3.05) is 19.7 Å². The summed E-state index contributed by atoms with van der Waals surface area (Å²) in [7, 11) is 0. The van der Waals surface area contributed by atoms with Gasteiger partial charge in [0.2, 0.25) is 5.91 Å². The van der Waals surface area contributed by atoms with Crippen LogP contribution in [0, 0.1) is 0 Å². The molecular weight excluding hydrogens is 170 g/mol. The largest absolute Gasteiger partial charge is 0.395 e. The van der Waals surface area contributed by atoms with Crippen molar-refractivity contribution >= 4 is 5.91 Å². The first-order chi connectivity index (χ1) is 6.27. The summed E-state index contributed by atoms with van der Waals surface area (Å²) < 4.78 is 0. The van der Waals surface area contributed by atoms with E-state index in [0.29, 0.717) is 25.6 Å². The molecule has 1 aliphatic rings. The summed E-state index contributed by atoms with van der Waals surface area (Å²) in [6, 6.07) is 0.581. The maximum Gasteiger partial charge on any atom is 0.235 e. The van der Waals surface area contributed by atoms with Crippen molar-refractivity contribution in [1.82, 2.24) is 10.3 Å². The number of rotatable bonds is 6. The second-order valence-electron chi connectivity index (χ2n) is 3.31. The molecule has 0 atom stereocenters. The van der Waals surface area contributed by atoms with Gasteiger partial charge in [-0.1, -0.05) is 0 Å². The molecule has 5 nitrogen and oxygen atoms in total. The molecule has 0 aromatic heterocycles. The number of amides is 1. The number of carbonyl (C=O) groups excluding carboxylic acids is 1. The Morgan fingerprint density at radius 1 is 1.54 bits per heavy atom. The summed E-state index contributed by atoms with van der Waals surface area (Å²) in [5.74, 6) is 4.81. The Hall–Kier alpha value is -0.650. The van der Waals surface area contributed by atoms with E-state index in [1.54, 1.807) is 0 Å². The van der Waals surface area contributed by atoms with Crippen molar-refractivity contribution in [2.24, 2.45) is 5.84 Å². The second kappa shape index (κ2) is 5.16. The summed E-state index contributed by atoms with van der Waals surface area (Å²) in [6.07, 6.45) is 2.78. The predicted octanol–water partition coefficient (Wildman–Crippen LogP) is -1.18. The van der Waals surface area contributed by atoms with Crippen molar-refractivity contribution in [3.05, 3.63) is 0 Å². The Balaban J connectivity index is 2.17. The predicted molar refractivity (Wildman–Crippen MR) is 48.6 cm³/mol. The molecule has 4 N–H and O–H groups in total. The Bertz CT molecular complexity index is 171. The van der Waals surface area contributed by atoms with Gasteiger partial charge in [-0.05, 0) is 12.8 Å². The van der Waals surface area contributed by atoms with E-state index in [-0.39, 0.29) is 12.5 Å². The molecule has 1 amide bonds. The average molecular weight is 187 g/mol. The van der Waals surface area contributed by atoms with Crippen LogP contribution in [0.1, 0.15) is 19.3 Å². The van der Waals surface area contributed by atoms with Crippen molar-refractivity contribution in [2.45, 2.75) is 25.3 Å². The lowest BCUT2D eigenvalue weighted by Gasteiger charge is -2.19. The van der Waals surface area contributed by atoms with E-state index in [0.717, 1.165) is 0 Å². The van der Waals surface area contributed by atoms with Gasteiger partial charge in [-0.15, -0.1) is 0 Å². The van der Waals surface area contributed by atoms with E-state index < -0.39 is 0 Å². The van der Waals surface area contributed by atoms with Crippen LogP contribution in [0.3, 0.4) is 0 Å². The van der Waals surface area contributed by atoms with Crippen molar-refractivity contribution in [3.63, 3.8) is 0 Å². The summed E-state index contributed by atoms with van der Waals surface area (Å²) in [6.45, 7) is 1.50. The summed E-state index contributed by atoms with van der Waals surface area (Å²) in [5, 5.41) is 8.77. The third kappa shape index (κ3) is 3.71. The maximum atomic E-state index is 10.8. The third-order valence-electron chi connectivity index (χ3n) is 2.24.